The molecule has 0 aliphatic carbocycles. The van der Waals surface area contributed by atoms with Gasteiger partial charge in [-0.1, -0.05) is 17.7 Å². The first-order valence-corrected chi connectivity index (χ1v) is 7.78. The number of hydrogen-bond donors (Lipinski definition) is 1. The van der Waals surface area contributed by atoms with Crippen LogP contribution >= 0.6 is 11.6 Å². The van der Waals surface area contributed by atoms with E-state index in [0.717, 1.165) is 31.5 Å². The lowest BCUT2D eigenvalue weighted by Crippen LogP contribution is -2.44. The van der Waals surface area contributed by atoms with Crippen LogP contribution in [0.15, 0.2) is 18.2 Å². The van der Waals surface area contributed by atoms with Crippen molar-refractivity contribution in [1.82, 2.24) is 4.90 Å². The van der Waals surface area contributed by atoms with Gasteiger partial charge >= 0.3 is 0 Å². The third-order valence-corrected chi connectivity index (χ3v) is 4.61. The first-order valence-electron chi connectivity index (χ1n) is 7.40. The monoisotopic (exact) mass is 310 g/mol. The molecule has 4 nitrogen and oxygen atoms in total. The number of ether oxygens (including phenoxy) is 1. The molecule has 5 heteroatoms. The fraction of sp³-hybridized carbons (Fsp3) is 0.562. The minimum atomic E-state index is 0.0255. The highest BCUT2D eigenvalue weighted by Gasteiger charge is 2.25. The van der Waals surface area contributed by atoms with Gasteiger partial charge in [-0.25, -0.2) is 0 Å². The van der Waals surface area contributed by atoms with Crippen molar-refractivity contribution in [2.75, 3.05) is 19.7 Å². The quantitative estimate of drug-likeness (QED) is 0.930. The van der Waals surface area contributed by atoms with Crippen molar-refractivity contribution in [3.05, 3.63) is 28.8 Å². The van der Waals surface area contributed by atoms with Crippen LogP contribution in [0.3, 0.4) is 0 Å². The number of hydrogen-bond acceptors (Lipinski definition) is 3. The Bertz CT molecular complexity index is 497. The highest BCUT2D eigenvalue weighted by molar-refractivity contribution is 6.31. The van der Waals surface area contributed by atoms with Crippen LogP contribution in [0.25, 0.3) is 0 Å². The van der Waals surface area contributed by atoms with Gasteiger partial charge < -0.3 is 15.4 Å². The Morgan fingerprint density at radius 1 is 1.48 bits per heavy atom. The van der Waals surface area contributed by atoms with E-state index in [0.29, 0.717) is 16.7 Å². The van der Waals surface area contributed by atoms with Gasteiger partial charge in [0.1, 0.15) is 5.75 Å². The third-order valence-electron chi connectivity index (χ3n) is 4.21. The Balaban J connectivity index is 1.84. The lowest BCUT2D eigenvalue weighted by atomic mass is 9.91. The molecular weight excluding hydrogens is 288 g/mol. The summed E-state index contributed by atoms with van der Waals surface area (Å²) < 4.78 is 5.61. The van der Waals surface area contributed by atoms with Crippen molar-refractivity contribution in [1.29, 1.82) is 0 Å². The van der Waals surface area contributed by atoms with Gasteiger partial charge in [0, 0.05) is 29.7 Å². The van der Waals surface area contributed by atoms with Crippen LogP contribution in [0.4, 0.5) is 0 Å². The molecule has 1 saturated heterocycles. The molecule has 0 radical (unpaired) electrons. The number of benzene rings is 1. The molecule has 1 amide bonds. The van der Waals surface area contributed by atoms with Gasteiger partial charge in [0.05, 0.1) is 0 Å². The molecule has 1 aromatic carbocycles. The summed E-state index contributed by atoms with van der Waals surface area (Å²) in [6, 6.07) is 5.66. The molecule has 0 bridgehead atoms. The maximum atomic E-state index is 12.2. The summed E-state index contributed by atoms with van der Waals surface area (Å²) in [6.07, 6.45) is 1.94. The average molecular weight is 311 g/mol. The van der Waals surface area contributed by atoms with Crippen LogP contribution < -0.4 is 10.5 Å². The second-order valence-corrected chi connectivity index (χ2v) is 6.14. The molecule has 1 atom stereocenters. The summed E-state index contributed by atoms with van der Waals surface area (Å²) in [4.78, 5) is 14.0. The summed E-state index contributed by atoms with van der Waals surface area (Å²) >= 11 is 6.04. The maximum absolute atomic E-state index is 12.2. The maximum Gasteiger partial charge on any atom is 0.260 e. The molecule has 1 unspecified atom stereocenters. The molecule has 1 heterocycles. The van der Waals surface area contributed by atoms with Crippen molar-refractivity contribution in [3.63, 3.8) is 0 Å². The number of piperidine rings is 1. The number of amides is 1. The van der Waals surface area contributed by atoms with Gasteiger partial charge in [0.25, 0.3) is 5.91 Å². The Kier molecular flexibility index (Phi) is 5.48. The smallest absolute Gasteiger partial charge is 0.260 e. The normalized spacial score (nSPS) is 17.6. The molecule has 1 aliphatic heterocycles. The van der Waals surface area contributed by atoms with Crippen LogP contribution in [-0.4, -0.2) is 36.5 Å². The molecule has 2 rings (SSSR count). The van der Waals surface area contributed by atoms with Crippen LogP contribution in [0.5, 0.6) is 5.75 Å². The van der Waals surface area contributed by atoms with Gasteiger partial charge in [-0.2, -0.15) is 0 Å². The molecule has 0 aromatic heterocycles. The van der Waals surface area contributed by atoms with Crippen molar-refractivity contribution in [3.8, 4) is 5.75 Å². The predicted molar refractivity (Wildman–Crippen MR) is 84.6 cm³/mol. The fourth-order valence-electron chi connectivity index (χ4n) is 2.65. The molecule has 116 valence electrons. The molecule has 0 saturated carbocycles. The van der Waals surface area contributed by atoms with Crippen LogP contribution in [0.2, 0.25) is 5.02 Å². The molecule has 1 aromatic rings. The molecular formula is C16H23ClN2O2. The molecule has 1 aliphatic rings. The van der Waals surface area contributed by atoms with Crippen LogP contribution in [0.1, 0.15) is 25.3 Å². The first-order chi connectivity index (χ1) is 9.99. The van der Waals surface area contributed by atoms with Gasteiger partial charge in [-0.05, 0) is 44.7 Å². The lowest BCUT2D eigenvalue weighted by molar-refractivity contribution is -0.134. The second kappa shape index (κ2) is 7.14. The van der Waals surface area contributed by atoms with Gasteiger partial charge in [-0.15, -0.1) is 0 Å². The van der Waals surface area contributed by atoms with E-state index >= 15 is 0 Å². The van der Waals surface area contributed by atoms with E-state index < -0.39 is 0 Å². The highest BCUT2D eigenvalue weighted by Crippen LogP contribution is 2.25. The van der Waals surface area contributed by atoms with Crippen LogP contribution in [0, 0.1) is 12.8 Å². The fourth-order valence-corrected chi connectivity index (χ4v) is 2.82. The number of carbonyl (C=O) groups excluding carboxylic acids is 1. The Labute approximate surface area is 131 Å². The number of nitrogens with two attached hydrogens (primary N) is 1. The molecule has 0 spiro atoms. The van der Waals surface area contributed by atoms with E-state index in [9.17, 15) is 4.79 Å². The zero-order valence-electron chi connectivity index (χ0n) is 12.6. The molecule has 2 N–H and O–H groups in total. The zero-order chi connectivity index (χ0) is 15.4. The Morgan fingerprint density at radius 3 is 2.76 bits per heavy atom. The van der Waals surface area contributed by atoms with E-state index in [4.69, 9.17) is 22.1 Å². The standard InChI is InChI=1S/C16H23ClN2O2/c1-11-14(17)4-3-5-15(11)21-10-16(20)19-8-6-13(7-9-19)12(2)18/h3-5,12-13H,6-10,18H2,1-2H3. The largest absolute Gasteiger partial charge is 0.483 e. The minimum absolute atomic E-state index is 0.0255. The van der Waals surface area contributed by atoms with E-state index in [1.54, 1.807) is 0 Å². The van der Waals surface area contributed by atoms with E-state index in [2.05, 4.69) is 0 Å². The van der Waals surface area contributed by atoms with Crippen molar-refractivity contribution in [2.24, 2.45) is 11.7 Å². The van der Waals surface area contributed by atoms with Crippen molar-refractivity contribution >= 4 is 17.5 Å². The summed E-state index contributed by atoms with van der Waals surface area (Å²) in [5.41, 5.74) is 6.78. The topological polar surface area (TPSA) is 55.6 Å². The molecule has 1 fully saturated rings. The Morgan fingerprint density at radius 2 is 2.14 bits per heavy atom. The van der Waals surface area contributed by atoms with Gasteiger partial charge in [-0.3, -0.25) is 4.79 Å². The number of likely N-dealkylation sites (tertiary alicyclic amines) is 1. The van der Waals surface area contributed by atoms with Crippen molar-refractivity contribution in [2.45, 2.75) is 32.7 Å². The van der Waals surface area contributed by atoms with E-state index in [-0.39, 0.29) is 18.6 Å². The second-order valence-electron chi connectivity index (χ2n) is 5.73. The van der Waals surface area contributed by atoms with Crippen molar-refractivity contribution < 1.29 is 9.53 Å². The summed E-state index contributed by atoms with van der Waals surface area (Å²) in [6.45, 7) is 5.51. The van der Waals surface area contributed by atoms with E-state index in [1.807, 2.05) is 36.9 Å². The summed E-state index contributed by atoms with van der Waals surface area (Å²) in [5.74, 6) is 1.21. The predicted octanol–water partition coefficient (Wildman–Crippen LogP) is 2.61. The lowest BCUT2D eigenvalue weighted by Gasteiger charge is -2.33. The van der Waals surface area contributed by atoms with Crippen LogP contribution in [-0.2, 0) is 4.79 Å². The Hall–Kier alpha value is -1.26. The number of rotatable bonds is 4. The minimum Gasteiger partial charge on any atom is -0.483 e. The van der Waals surface area contributed by atoms with E-state index in [1.165, 1.54) is 0 Å². The highest BCUT2D eigenvalue weighted by atomic mass is 35.5. The number of halogens is 1. The number of carbonyl (C=O) groups is 1. The number of nitrogens with zero attached hydrogens (tertiary/aromatic N) is 1. The zero-order valence-corrected chi connectivity index (χ0v) is 13.4. The summed E-state index contributed by atoms with van der Waals surface area (Å²) in [5, 5.41) is 0.651. The third kappa shape index (κ3) is 4.11. The first kappa shape index (κ1) is 16.1. The molecule has 21 heavy (non-hydrogen) atoms. The summed E-state index contributed by atoms with van der Waals surface area (Å²) in [7, 11) is 0. The SMILES string of the molecule is Cc1c(Cl)cccc1OCC(=O)N1CCC(C(C)N)CC1. The van der Waals surface area contributed by atoms with Gasteiger partial charge in [0.2, 0.25) is 0 Å². The average Bonchev–Trinajstić information content (AvgIpc) is 2.48. The van der Waals surface area contributed by atoms with Gasteiger partial charge in [0.15, 0.2) is 6.61 Å².